The van der Waals surface area contributed by atoms with Crippen LogP contribution in [0.25, 0.3) is 10.9 Å². The van der Waals surface area contributed by atoms with Crippen LogP contribution in [-0.2, 0) is 4.79 Å². The molecular formula is C21H18BrFN4O3. The van der Waals surface area contributed by atoms with Crippen LogP contribution >= 0.6 is 15.9 Å². The number of ether oxygens (including phenoxy) is 1. The molecule has 1 amide bonds. The van der Waals surface area contributed by atoms with Crippen molar-refractivity contribution in [3.8, 4) is 11.5 Å². The van der Waals surface area contributed by atoms with Crippen molar-refractivity contribution in [2.24, 2.45) is 0 Å². The minimum absolute atomic E-state index is 0.0736. The molecule has 3 aromatic rings. The first kappa shape index (κ1) is 20.1. The highest BCUT2D eigenvalue weighted by molar-refractivity contribution is 9.10. The van der Waals surface area contributed by atoms with Crippen molar-refractivity contribution in [1.29, 1.82) is 0 Å². The average molecular weight is 473 g/mol. The third-order valence-electron chi connectivity index (χ3n) is 4.83. The van der Waals surface area contributed by atoms with Gasteiger partial charge in [-0.3, -0.25) is 4.79 Å². The van der Waals surface area contributed by atoms with Crippen LogP contribution in [0, 0.1) is 5.82 Å². The maximum Gasteiger partial charge on any atom is 0.246 e. The summed E-state index contributed by atoms with van der Waals surface area (Å²) in [5.41, 5.74) is 0.730. The molecule has 2 heterocycles. The lowest BCUT2D eigenvalue weighted by atomic mass is 10.2. The van der Waals surface area contributed by atoms with E-state index in [-0.39, 0.29) is 29.2 Å². The van der Waals surface area contributed by atoms with E-state index >= 15 is 0 Å². The van der Waals surface area contributed by atoms with Crippen molar-refractivity contribution in [1.82, 2.24) is 14.9 Å². The molecule has 9 heteroatoms. The Hall–Kier alpha value is -3.20. The van der Waals surface area contributed by atoms with Crippen molar-refractivity contribution in [3.05, 3.63) is 59.6 Å². The van der Waals surface area contributed by atoms with E-state index in [2.05, 4.69) is 37.8 Å². The van der Waals surface area contributed by atoms with E-state index in [4.69, 9.17) is 4.74 Å². The van der Waals surface area contributed by atoms with Gasteiger partial charge in [-0.2, -0.15) is 0 Å². The first-order valence-corrected chi connectivity index (χ1v) is 10.0. The maximum absolute atomic E-state index is 14.2. The standard InChI is InChI=1S/C21H18BrFN4O3/c1-2-20(29)27-6-5-13(10-27)30-19-8-14-17(9-18(19)28)24-11-25-21(14)26-16-4-3-12(22)7-15(16)23/h2-4,7-9,11,13,28H,1,5-6,10H2,(H,24,25,26)/t13-/m0/s1. The number of phenolic OH excluding ortho intramolecular Hbond substituents is 1. The van der Waals surface area contributed by atoms with Crippen molar-refractivity contribution in [2.45, 2.75) is 12.5 Å². The Bertz CT molecular complexity index is 1140. The number of anilines is 2. The monoisotopic (exact) mass is 472 g/mol. The lowest BCUT2D eigenvalue weighted by Gasteiger charge is -2.17. The van der Waals surface area contributed by atoms with E-state index < -0.39 is 5.82 Å². The number of carbonyl (C=O) groups excluding carboxylic acids is 1. The molecule has 1 aliphatic heterocycles. The number of benzene rings is 2. The van der Waals surface area contributed by atoms with E-state index in [0.29, 0.717) is 40.7 Å². The Kier molecular flexibility index (Phi) is 5.54. The molecule has 0 unspecified atom stereocenters. The Balaban J connectivity index is 1.62. The van der Waals surface area contributed by atoms with E-state index in [0.717, 1.165) is 0 Å². The summed E-state index contributed by atoms with van der Waals surface area (Å²) in [6.07, 6.45) is 2.98. The van der Waals surface area contributed by atoms with Crippen LogP contribution in [0.3, 0.4) is 0 Å². The molecule has 4 rings (SSSR count). The zero-order valence-corrected chi connectivity index (χ0v) is 17.4. The summed E-state index contributed by atoms with van der Waals surface area (Å²) >= 11 is 3.23. The minimum atomic E-state index is -0.440. The maximum atomic E-state index is 14.2. The Morgan fingerprint density at radius 1 is 1.37 bits per heavy atom. The van der Waals surface area contributed by atoms with Gasteiger partial charge < -0.3 is 20.1 Å². The van der Waals surface area contributed by atoms with Gasteiger partial charge in [0.1, 0.15) is 24.1 Å². The summed E-state index contributed by atoms with van der Waals surface area (Å²) in [5, 5.41) is 13.9. The molecular weight excluding hydrogens is 455 g/mol. The van der Waals surface area contributed by atoms with E-state index in [1.807, 2.05) is 0 Å². The van der Waals surface area contributed by atoms with Crippen LogP contribution in [0.5, 0.6) is 11.5 Å². The molecule has 1 aromatic heterocycles. The summed E-state index contributed by atoms with van der Waals surface area (Å²) in [6, 6.07) is 7.74. The van der Waals surface area contributed by atoms with Crippen LogP contribution < -0.4 is 10.1 Å². The number of halogens is 2. The summed E-state index contributed by atoms with van der Waals surface area (Å²) in [5.74, 6) is -0.0458. The molecule has 0 aliphatic carbocycles. The topological polar surface area (TPSA) is 87.6 Å². The Morgan fingerprint density at radius 3 is 2.97 bits per heavy atom. The highest BCUT2D eigenvalue weighted by atomic mass is 79.9. The number of amides is 1. The summed E-state index contributed by atoms with van der Waals surface area (Å²) in [6.45, 7) is 4.46. The molecule has 0 radical (unpaired) electrons. The summed E-state index contributed by atoms with van der Waals surface area (Å²) in [4.78, 5) is 21.8. The average Bonchev–Trinajstić information content (AvgIpc) is 3.19. The number of nitrogens with zero attached hydrogens (tertiary/aromatic N) is 3. The molecule has 0 bridgehead atoms. The van der Waals surface area contributed by atoms with Crippen molar-refractivity contribution in [3.63, 3.8) is 0 Å². The Labute approximate surface area is 180 Å². The zero-order chi connectivity index (χ0) is 21.3. The molecule has 0 spiro atoms. The molecule has 0 saturated carbocycles. The molecule has 1 aliphatic rings. The van der Waals surface area contributed by atoms with Crippen LogP contribution in [0.1, 0.15) is 6.42 Å². The summed E-state index contributed by atoms with van der Waals surface area (Å²) in [7, 11) is 0. The smallest absolute Gasteiger partial charge is 0.246 e. The van der Waals surface area contributed by atoms with Gasteiger partial charge in [0.05, 0.1) is 17.7 Å². The van der Waals surface area contributed by atoms with Gasteiger partial charge in [-0.1, -0.05) is 22.5 Å². The number of aromatic hydroxyl groups is 1. The highest BCUT2D eigenvalue weighted by Gasteiger charge is 2.27. The van der Waals surface area contributed by atoms with Crippen molar-refractivity contribution in [2.75, 3.05) is 18.4 Å². The number of fused-ring (bicyclic) bond motifs is 1. The van der Waals surface area contributed by atoms with Gasteiger partial charge in [-0.25, -0.2) is 14.4 Å². The molecule has 154 valence electrons. The van der Waals surface area contributed by atoms with Crippen molar-refractivity contribution < 1.29 is 19.0 Å². The predicted molar refractivity (Wildman–Crippen MR) is 114 cm³/mol. The third kappa shape index (κ3) is 4.06. The third-order valence-corrected chi connectivity index (χ3v) is 5.32. The highest BCUT2D eigenvalue weighted by Crippen LogP contribution is 2.35. The normalized spacial score (nSPS) is 15.9. The van der Waals surface area contributed by atoms with E-state index in [1.165, 1.54) is 24.5 Å². The molecule has 2 aromatic carbocycles. The van der Waals surface area contributed by atoms with Gasteiger partial charge in [-0.15, -0.1) is 0 Å². The fourth-order valence-corrected chi connectivity index (χ4v) is 3.65. The molecule has 30 heavy (non-hydrogen) atoms. The molecule has 1 fully saturated rings. The van der Waals surface area contributed by atoms with E-state index in [1.54, 1.807) is 23.1 Å². The Morgan fingerprint density at radius 2 is 2.20 bits per heavy atom. The van der Waals surface area contributed by atoms with Gasteiger partial charge in [0.15, 0.2) is 11.5 Å². The second kappa shape index (κ2) is 8.27. The van der Waals surface area contributed by atoms with Gasteiger partial charge >= 0.3 is 0 Å². The second-order valence-electron chi connectivity index (χ2n) is 6.83. The number of phenols is 1. The summed E-state index contributed by atoms with van der Waals surface area (Å²) < 4.78 is 20.8. The number of nitrogens with one attached hydrogen (secondary N) is 1. The lowest BCUT2D eigenvalue weighted by Crippen LogP contribution is -2.29. The molecule has 1 saturated heterocycles. The fourth-order valence-electron chi connectivity index (χ4n) is 3.32. The molecule has 7 nitrogen and oxygen atoms in total. The van der Waals surface area contributed by atoms with Crippen LogP contribution in [-0.4, -0.2) is 45.1 Å². The molecule has 2 N–H and O–H groups in total. The number of likely N-dealkylation sites (tertiary alicyclic amines) is 1. The van der Waals surface area contributed by atoms with Gasteiger partial charge in [-0.05, 0) is 30.3 Å². The van der Waals surface area contributed by atoms with E-state index in [9.17, 15) is 14.3 Å². The SMILES string of the molecule is C=CC(=O)N1CC[C@H](Oc2cc3c(Nc4ccc(Br)cc4F)ncnc3cc2O)C1. The van der Waals surface area contributed by atoms with Gasteiger partial charge in [0.2, 0.25) is 5.91 Å². The van der Waals surface area contributed by atoms with Gasteiger partial charge in [0.25, 0.3) is 0 Å². The van der Waals surface area contributed by atoms with Crippen molar-refractivity contribution >= 4 is 44.2 Å². The zero-order valence-electron chi connectivity index (χ0n) is 15.8. The minimum Gasteiger partial charge on any atom is -0.504 e. The molecule has 1 atom stereocenters. The quantitative estimate of drug-likeness (QED) is 0.542. The first-order valence-electron chi connectivity index (χ1n) is 9.22. The number of aromatic nitrogens is 2. The number of hydrogen-bond acceptors (Lipinski definition) is 6. The van der Waals surface area contributed by atoms with Crippen LogP contribution in [0.4, 0.5) is 15.9 Å². The number of hydrogen-bond donors (Lipinski definition) is 2. The number of rotatable bonds is 5. The van der Waals surface area contributed by atoms with Crippen LogP contribution in [0.2, 0.25) is 0 Å². The first-order chi connectivity index (χ1) is 14.4. The fraction of sp³-hybridized carbons (Fsp3) is 0.190. The number of carbonyl (C=O) groups is 1. The largest absolute Gasteiger partial charge is 0.504 e. The van der Waals surface area contributed by atoms with Crippen LogP contribution in [0.15, 0.2) is 53.8 Å². The van der Waals surface area contributed by atoms with Gasteiger partial charge in [0, 0.05) is 28.9 Å². The lowest BCUT2D eigenvalue weighted by molar-refractivity contribution is -0.125. The second-order valence-corrected chi connectivity index (χ2v) is 7.74. The predicted octanol–water partition coefficient (Wildman–Crippen LogP) is 4.15.